The highest BCUT2D eigenvalue weighted by Gasteiger charge is 2.19. The van der Waals surface area contributed by atoms with Crippen LogP contribution in [-0.4, -0.2) is 35.4 Å². The van der Waals surface area contributed by atoms with Gasteiger partial charge >= 0.3 is 6.09 Å². The SMILES string of the molecule is CCC(S)CCN(C)C(=O)OC(C)(C)C. The molecule has 0 radical (unpaired) electrons. The summed E-state index contributed by atoms with van der Waals surface area (Å²) in [5.74, 6) is 0. The summed E-state index contributed by atoms with van der Waals surface area (Å²) >= 11 is 4.38. The van der Waals surface area contributed by atoms with E-state index in [0.29, 0.717) is 11.8 Å². The van der Waals surface area contributed by atoms with E-state index in [9.17, 15) is 4.79 Å². The minimum absolute atomic E-state index is 0.265. The zero-order chi connectivity index (χ0) is 12.1. The molecule has 0 N–H and O–H groups in total. The molecule has 0 rings (SSSR count). The van der Waals surface area contributed by atoms with Gasteiger partial charge in [0.25, 0.3) is 0 Å². The zero-order valence-electron chi connectivity index (χ0n) is 10.4. The maximum atomic E-state index is 11.5. The van der Waals surface area contributed by atoms with Gasteiger partial charge in [0, 0.05) is 18.8 Å². The molecule has 90 valence electrons. The van der Waals surface area contributed by atoms with E-state index in [-0.39, 0.29) is 6.09 Å². The van der Waals surface area contributed by atoms with Gasteiger partial charge in [-0.1, -0.05) is 6.92 Å². The molecule has 1 unspecified atom stereocenters. The minimum Gasteiger partial charge on any atom is -0.444 e. The fourth-order valence-corrected chi connectivity index (χ4v) is 1.09. The van der Waals surface area contributed by atoms with Crippen molar-refractivity contribution in [3.8, 4) is 0 Å². The molecular formula is C11H23NO2S. The van der Waals surface area contributed by atoms with Crippen LogP contribution >= 0.6 is 12.6 Å². The van der Waals surface area contributed by atoms with E-state index in [2.05, 4.69) is 19.6 Å². The van der Waals surface area contributed by atoms with E-state index in [1.807, 2.05) is 20.8 Å². The molecule has 0 aliphatic heterocycles. The lowest BCUT2D eigenvalue weighted by Gasteiger charge is -2.25. The van der Waals surface area contributed by atoms with Gasteiger partial charge in [-0.15, -0.1) is 0 Å². The third kappa shape index (κ3) is 7.54. The van der Waals surface area contributed by atoms with Gasteiger partial charge < -0.3 is 9.64 Å². The average molecular weight is 233 g/mol. The van der Waals surface area contributed by atoms with Crippen LogP contribution in [0.2, 0.25) is 0 Å². The van der Waals surface area contributed by atoms with E-state index < -0.39 is 5.60 Å². The highest BCUT2D eigenvalue weighted by molar-refractivity contribution is 7.80. The number of carbonyl (C=O) groups is 1. The molecule has 3 nitrogen and oxygen atoms in total. The zero-order valence-corrected chi connectivity index (χ0v) is 11.3. The van der Waals surface area contributed by atoms with Gasteiger partial charge in [0.1, 0.15) is 5.60 Å². The summed E-state index contributed by atoms with van der Waals surface area (Å²) in [5.41, 5.74) is -0.420. The van der Waals surface area contributed by atoms with Crippen molar-refractivity contribution >= 4 is 18.7 Å². The predicted molar refractivity (Wildman–Crippen MR) is 66.5 cm³/mol. The number of carbonyl (C=O) groups excluding carboxylic acids is 1. The Balaban J connectivity index is 3.90. The Bertz CT molecular complexity index is 201. The molecule has 0 heterocycles. The summed E-state index contributed by atoms with van der Waals surface area (Å²) < 4.78 is 5.23. The van der Waals surface area contributed by atoms with Crippen molar-refractivity contribution in [2.24, 2.45) is 0 Å². The molecule has 0 aromatic heterocycles. The lowest BCUT2D eigenvalue weighted by atomic mass is 10.2. The van der Waals surface area contributed by atoms with Gasteiger partial charge in [-0.3, -0.25) is 0 Å². The van der Waals surface area contributed by atoms with Gasteiger partial charge in [0.2, 0.25) is 0 Å². The number of hydrogen-bond acceptors (Lipinski definition) is 3. The monoisotopic (exact) mass is 233 g/mol. The summed E-state index contributed by atoms with van der Waals surface area (Å²) in [4.78, 5) is 13.1. The summed E-state index contributed by atoms with van der Waals surface area (Å²) in [7, 11) is 1.75. The number of rotatable bonds is 4. The molecule has 0 aromatic rings. The van der Waals surface area contributed by atoms with Gasteiger partial charge in [-0.05, 0) is 33.6 Å². The first kappa shape index (κ1) is 14.6. The number of ether oxygens (including phenoxy) is 1. The summed E-state index contributed by atoms with van der Waals surface area (Å²) in [5, 5.41) is 0.356. The highest BCUT2D eigenvalue weighted by Crippen LogP contribution is 2.11. The maximum Gasteiger partial charge on any atom is 0.410 e. The van der Waals surface area contributed by atoms with Crippen LogP contribution in [0, 0.1) is 0 Å². The molecule has 1 atom stereocenters. The van der Waals surface area contributed by atoms with Crippen molar-refractivity contribution in [3.63, 3.8) is 0 Å². The molecule has 0 fully saturated rings. The van der Waals surface area contributed by atoms with Crippen LogP contribution in [0.15, 0.2) is 0 Å². The van der Waals surface area contributed by atoms with Crippen LogP contribution in [0.1, 0.15) is 40.5 Å². The molecule has 0 saturated carbocycles. The summed E-state index contributed by atoms with van der Waals surface area (Å²) in [6.45, 7) is 8.38. The van der Waals surface area contributed by atoms with Crippen LogP contribution in [0.5, 0.6) is 0 Å². The number of amides is 1. The molecule has 4 heteroatoms. The largest absolute Gasteiger partial charge is 0.444 e. The Morgan fingerprint density at radius 3 is 2.40 bits per heavy atom. The molecule has 0 spiro atoms. The molecule has 15 heavy (non-hydrogen) atoms. The van der Waals surface area contributed by atoms with Crippen molar-refractivity contribution < 1.29 is 9.53 Å². The average Bonchev–Trinajstić information content (AvgIpc) is 2.10. The van der Waals surface area contributed by atoms with E-state index >= 15 is 0 Å². The second-order valence-electron chi connectivity index (χ2n) is 4.75. The standard InChI is InChI=1S/C11H23NO2S/c1-6-9(15)7-8-12(5)10(13)14-11(2,3)4/h9,15H,6-8H2,1-5H3. The molecule has 0 aromatic carbocycles. The van der Waals surface area contributed by atoms with Crippen LogP contribution in [0.4, 0.5) is 4.79 Å². The molecule has 0 saturated heterocycles. The van der Waals surface area contributed by atoms with Crippen molar-refractivity contribution in [1.82, 2.24) is 4.90 Å². The van der Waals surface area contributed by atoms with Gasteiger partial charge in [-0.2, -0.15) is 12.6 Å². The van der Waals surface area contributed by atoms with E-state index in [1.165, 1.54) is 0 Å². The normalized spacial score (nSPS) is 13.5. The van der Waals surface area contributed by atoms with Gasteiger partial charge in [-0.25, -0.2) is 4.79 Å². The van der Waals surface area contributed by atoms with Crippen molar-refractivity contribution in [2.45, 2.75) is 51.4 Å². The highest BCUT2D eigenvalue weighted by atomic mass is 32.1. The Morgan fingerprint density at radius 1 is 1.47 bits per heavy atom. The summed E-state index contributed by atoms with van der Waals surface area (Å²) in [6.07, 6.45) is 1.65. The Morgan fingerprint density at radius 2 is 2.00 bits per heavy atom. The fourth-order valence-electron chi connectivity index (χ4n) is 0.978. The lowest BCUT2D eigenvalue weighted by Crippen LogP contribution is -2.35. The number of thiol groups is 1. The second-order valence-corrected chi connectivity index (χ2v) is 5.48. The van der Waals surface area contributed by atoms with Crippen molar-refractivity contribution in [2.75, 3.05) is 13.6 Å². The molecular weight excluding hydrogens is 210 g/mol. The number of nitrogens with zero attached hydrogens (tertiary/aromatic N) is 1. The second kappa shape index (κ2) is 6.26. The van der Waals surface area contributed by atoms with Crippen LogP contribution in [0.25, 0.3) is 0 Å². The Labute approximate surface area is 98.6 Å². The Kier molecular flexibility index (Phi) is 6.10. The van der Waals surface area contributed by atoms with Crippen LogP contribution in [-0.2, 0) is 4.74 Å². The minimum atomic E-state index is -0.420. The van der Waals surface area contributed by atoms with Crippen molar-refractivity contribution in [3.05, 3.63) is 0 Å². The van der Waals surface area contributed by atoms with E-state index in [0.717, 1.165) is 12.8 Å². The summed E-state index contributed by atoms with van der Waals surface area (Å²) in [6, 6.07) is 0. The fraction of sp³-hybridized carbons (Fsp3) is 0.909. The van der Waals surface area contributed by atoms with Crippen LogP contribution < -0.4 is 0 Å². The lowest BCUT2D eigenvalue weighted by molar-refractivity contribution is 0.0297. The smallest absolute Gasteiger partial charge is 0.410 e. The van der Waals surface area contributed by atoms with Gasteiger partial charge in [0.15, 0.2) is 0 Å². The predicted octanol–water partition coefficient (Wildman–Crippen LogP) is 2.95. The molecule has 1 amide bonds. The van der Waals surface area contributed by atoms with E-state index in [1.54, 1.807) is 11.9 Å². The molecule has 0 bridgehead atoms. The third-order valence-corrected chi connectivity index (χ3v) is 2.60. The first-order valence-corrected chi connectivity index (χ1v) is 5.90. The topological polar surface area (TPSA) is 29.5 Å². The first-order valence-electron chi connectivity index (χ1n) is 5.38. The van der Waals surface area contributed by atoms with E-state index in [4.69, 9.17) is 4.74 Å². The van der Waals surface area contributed by atoms with Gasteiger partial charge in [0.05, 0.1) is 0 Å². The van der Waals surface area contributed by atoms with Crippen LogP contribution in [0.3, 0.4) is 0 Å². The Hall–Kier alpha value is -0.380. The molecule has 0 aliphatic rings. The number of hydrogen-bond donors (Lipinski definition) is 1. The first-order chi connectivity index (χ1) is 6.76. The molecule has 0 aliphatic carbocycles. The quantitative estimate of drug-likeness (QED) is 0.757. The maximum absolute atomic E-state index is 11.5. The van der Waals surface area contributed by atoms with Crippen molar-refractivity contribution in [1.29, 1.82) is 0 Å². The third-order valence-electron chi connectivity index (χ3n) is 1.97.